The Hall–Kier alpha value is -0.975. The van der Waals surface area contributed by atoms with Gasteiger partial charge in [0.2, 0.25) is 5.91 Å². The number of rotatable bonds is 2. The van der Waals surface area contributed by atoms with Gasteiger partial charge in [-0.3, -0.25) is 4.79 Å². The summed E-state index contributed by atoms with van der Waals surface area (Å²) in [6.45, 7) is -4.97. The molecular weight excluding hydrogens is 238 g/mol. The number of anilines is 1. The van der Waals surface area contributed by atoms with E-state index >= 15 is 0 Å². The van der Waals surface area contributed by atoms with Crippen LogP contribution in [-0.2, 0) is 11.2 Å². The van der Waals surface area contributed by atoms with Crippen molar-refractivity contribution in [2.24, 2.45) is 0 Å². The molecule has 0 unspecified atom stereocenters. The second-order valence-electron chi connectivity index (χ2n) is 3.80. The smallest absolute Gasteiger partial charge is 0.448 e. The molecule has 0 saturated carbocycles. The molecule has 0 atom stereocenters. The maximum atomic E-state index is 12.4. The lowest BCUT2D eigenvalue weighted by molar-refractivity contribution is -0.118. The Morgan fingerprint density at radius 2 is 2.12 bits per heavy atom. The van der Waals surface area contributed by atoms with Gasteiger partial charge in [0.1, 0.15) is 0 Å². The molecule has 88 valence electrons. The predicted molar refractivity (Wildman–Crippen MR) is 58.7 cm³/mol. The van der Waals surface area contributed by atoms with Crippen LogP contribution in [0.3, 0.4) is 0 Å². The first-order valence-corrected chi connectivity index (χ1v) is 5.93. The van der Waals surface area contributed by atoms with Crippen molar-refractivity contribution in [3.63, 3.8) is 0 Å². The molecule has 0 spiro atoms. The Labute approximate surface area is 95.1 Å². The molecule has 1 aliphatic rings. The van der Waals surface area contributed by atoms with Crippen LogP contribution in [0.25, 0.3) is 0 Å². The Morgan fingerprint density at radius 3 is 2.81 bits per heavy atom. The second-order valence-corrected chi connectivity index (χ2v) is 4.80. The predicted octanol–water partition coefficient (Wildman–Crippen LogP) is 2.80. The monoisotopic (exact) mass is 248 g/mol. The number of fused-ring (bicyclic) bond motifs is 1. The largest absolute Gasteiger partial charge is 0.497 e. The molecule has 2 rings (SSSR count). The molecule has 1 aromatic heterocycles. The summed E-state index contributed by atoms with van der Waals surface area (Å²) in [6.07, 6.45) is 0.407. The summed E-state index contributed by atoms with van der Waals surface area (Å²) in [5, 5.41) is 1.74. The van der Waals surface area contributed by atoms with Crippen LogP contribution in [0.1, 0.15) is 17.7 Å². The Bertz CT molecular complexity index is 404. The number of amides is 1. The first-order valence-electron chi connectivity index (χ1n) is 5.05. The molecule has 0 bridgehead atoms. The normalized spacial score (nSPS) is 17.2. The molecule has 1 aromatic rings. The number of thiophene rings is 1. The zero-order valence-electron chi connectivity index (χ0n) is 8.46. The maximum Gasteiger partial charge on any atom is 0.497 e. The molecule has 0 N–H and O–H groups in total. The highest BCUT2D eigenvalue weighted by Gasteiger charge is 2.32. The van der Waals surface area contributed by atoms with Crippen LogP contribution in [0.5, 0.6) is 0 Å². The van der Waals surface area contributed by atoms with Crippen LogP contribution in [0.15, 0.2) is 11.4 Å². The Morgan fingerprint density at radius 1 is 1.38 bits per heavy atom. The number of carbonyl (C=O) groups excluding carboxylic acids is 1. The van der Waals surface area contributed by atoms with Gasteiger partial charge in [0, 0.05) is 11.3 Å². The first-order chi connectivity index (χ1) is 7.47. The number of hydrogen-bond acceptors (Lipinski definition) is 2. The van der Waals surface area contributed by atoms with Gasteiger partial charge in [0.25, 0.3) is 0 Å². The molecule has 2 nitrogen and oxygen atoms in total. The molecule has 2 heterocycles. The van der Waals surface area contributed by atoms with E-state index in [9.17, 15) is 17.7 Å². The van der Waals surface area contributed by atoms with Crippen molar-refractivity contribution in [2.45, 2.75) is 19.3 Å². The lowest BCUT2D eigenvalue weighted by Gasteiger charge is -2.27. The van der Waals surface area contributed by atoms with Crippen LogP contribution in [-0.4, -0.2) is 19.3 Å². The number of aryl methyl sites for hydroxylation is 1. The minimum Gasteiger partial charge on any atom is -0.448 e. The number of halogens is 3. The summed E-state index contributed by atoms with van der Waals surface area (Å²) >= 11 is 1.42. The molecule has 16 heavy (non-hydrogen) atoms. The average Bonchev–Trinajstić information content (AvgIpc) is 2.56. The Kier molecular flexibility index (Phi) is 2.97. The average molecular weight is 248 g/mol. The van der Waals surface area contributed by atoms with Crippen molar-refractivity contribution in [3.05, 3.63) is 16.3 Å². The lowest BCUT2D eigenvalue weighted by Crippen LogP contribution is -2.41. The minimum absolute atomic E-state index is 0.202. The summed E-state index contributed by atoms with van der Waals surface area (Å²) < 4.78 is 37.3. The summed E-state index contributed by atoms with van der Waals surface area (Å²) in [5.41, 5.74) is 0.451. The third-order valence-corrected chi connectivity index (χ3v) is 3.47. The fraction of sp³-hybridized carbons (Fsp3) is 0.444. The topological polar surface area (TPSA) is 20.3 Å². The number of carbonyl (C=O) groups is 1. The SMILES string of the molecule is O=C1CCCc2sccc2N1C[B-](F)(F)F. The van der Waals surface area contributed by atoms with E-state index < -0.39 is 19.3 Å². The van der Waals surface area contributed by atoms with Crippen LogP contribution in [0.2, 0.25) is 0 Å². The van der Waals surface area contributed by atoms with Crippen molar-refractivity contribution >= 4 is 29.9 Å². The van der Waals surface area contributed by atoms with E-state index in [1.165, 1.54) is 11.3 Å². The van der Waals surface area contributed by atoms with Crippen molar-refractivity contribution in [3.8, 4) is 0 Å². The number of nitrogens with zero attached hydrogens (tertiary/aromatic N) is 1. The third-order valence-electron chi connectivity index (χ3n) is 2.50. The van der Waals surface area contributed by atoms with Crippen LogP contribution in [0.4, 0.5) is 18.6 Å². The Balaban J connectivity index is 2.31. The molecular formula is C9H10BF3NOS-. The minimum atomic E-state index is -4.97. The van der Waals surface area contributed by atoms with Gasteiger partial charge in [-0.15, -0.1) is 11.3 Å². The van der Waals surface area contributed by atoms with Gasteiger partial charge in [-0.2, -0.15) is 0 Å². The molecule has 0 aliphatic carbocycles. The van der Waals surface area contributed by atoms with Gasteiger partial charge in [0.05, 0.1) is 5.69 Å². The quantitative estimate of drug-likeness (QED) is 0.737. The molecule has 7 heteroatoms. The van der Waals surface area contributed by atoms with E-state index in [1.54, 1.807) is 11.4 Å². The van der Waals surface area contributed by atoms with Crippen LogP contribution in [0, 0.1) is 0 Å². The van der Waals surface area contributed by atoms with E-state index in [-0.39, 0.29) is 6.42 Å². The molecule has 1 aliphatic heterocycles. The number of hydrogen-bond donors (Lipinski definition) is 0. The fourth-order valence-corrected chi connectivity index (χ4v) is 2.76. The highest BCUT2D eigenvalue weighted by molar-refractivity contribution is 7.10. The van der Waals surface area contributed by atoms with E-state index in [4.69, 9.17) is 0 Å². The first kappa shape index (κ1) is 11.5. The molecule has 0 fully saturated rings. The maximum absolute atomic E-state index is 12.4. The van der Waals surface area contributed by atoms with Crippen LogP contribution < -0.4 is 4.90 Å². The van der Waals surface area contributed by atoms with Gasteiger partial charge in [-0.1, -0.05) is 0 Å². The molecule has 0 saturated heterocycles. The van der Waals surface area contributed by atoms with Crippen molar-refractivity contribution in [1.29, 1.82) is 0 Å². The molecule has 1 amide bonds. The van der Waals surface area contributed by atoms with Crippen molar-refractivity contribution < 1.29 is 17.7 Å². The highest BCUT2D eigenvalue weighted by atomic mass is 32.1. The summed E-state index contributed by atoms with van der Waals surface area (Å²) in [7, 11) is 0. The van der Waals surface area contributed by atoms with Gasteiger partial charge >= 0.3 is 6.98 Å². The van der Waals surface area contributed by atoms with Gasteiger partial charge in [-0.05, 0) is 30.7 Å². The van der Waals surface area contributed by atoms with Gasteiger partial charge < -0.3 is 17.8 Å². The highest BCUT2D eigenvalue weighted by Crippen LogP contribution is 2.32. The fourth-order valence-electron chi connectivity index (χ4n) is 1.84. The zero-order chi connectivity index (χ0) is 11.8. The van der Waals surface area contributed by atoms with E-state index in [0.29, 0.717) is 18.5 Å². The summed E-state index contributed by atoms with van der Waals surface area (Å²) in [4.78, 5) is 13.4. The molecule has 0 aromatic carbocycles. The lowest BCUT2D eigenvalue weighted by atomic mass is 9.91. The van der Waals surface area contributed by atoms with E-state index in [1.807, 2.05) is 0 Å². The van der Waals surface area contributed by atoms with Gasteiger partial charge in [0.15, 0.2) is 0 Å². The summed E-state index contributed by atoms with van der Waals surface area (Å²) in [6, 6.07) is 1.60. The van der Waals surface area contributed by atoms with E-state index in [0.717, 1.165) is 9.78 Å². The van der Waals surface area contributed by atoms with Crippen molar-refractivity contribution in [1.82, 2.24) is 0 Å². The second kappa shape index (κ2) is 4.12. The standard InChI is InChI=1S/C9H10BF3NOS/c11-10(12,13)6-14-7-4-5-16-8(7)2-1-3-9(14)15/h4-5H,1-3,6H2/q-1. The van der Waals surface area contributed by atoms with Crippen molar-refractivity contribution in [2.75, 3.05) is 11.3 Å². The van der Waals surface area contributed by atoms with E-state index in [2.05, 4.69) is 0 Å². The molecule has 0 radical (unpaired) electrons. The zero-order valence-corrected chi connectivity index (χ0v) is 9.27. The third kappa shape index (κ3) is 2.40. The van der Waals surface area contributed by atoms with Crippen LogP contribution >= 0.6 is 11.3 Å². The van der Waals surface area contributed by atoms with Gasteiger partial charge in [-0.25, -0.2) is 0 Å². The summed E-state index contributed by atoms with van der Waals surface area (Å²) in [5.74, 6) is -0.420.